The first kappa shape index (κ1) is 27.8. The average molecular weight is 607 g/mol. The van der Waals surface area contributed by atoms with E-state index in [2.05, 4.69) is 10.6 Å². The maximum Gasteiger partial charge on any atom is 0.197 e. The Bertz CT molecular complexity index is 1690. The number of fused-ring (bicyclic) bond motifs is 2. The second-order valence-corrected chi connectivity index (χ2v) is 12.4. The van der Waals surface area contributed by atoms with Crippen LogP contribution in [0.25, 0.3) is 0 Å². The predicted molar refractivity (Wildman–Crippen MR) is 180 cm³/mol. The number of rotatable bonds is 8. The Labute approximate surface area is 264 Å². The summed E-state index contributed by atoms with van der Waals surface area (Å²) in [7, 11) is 0. The first-order valence-electron chi connectivity index (χ1n) is 14.2. The molecule has 7 rings (SSSR count). The zero-order valence-electron chi connectivity index (χ0n) is 23.5. The summed E-state index contributed by atoms with van der Waals surface area (Å²) in [4.78, 5) is 33.2. The van der Waals surface area contributed by atoms with Gasteiger partial charge in [0.15, 0.2) is 11.6 Å². The number of carbonyl (C=O) groups is 2. The van der Waals surface area contributed by atoms with Crippen LogP contribution >= 0.6 is 23.5 Å². The van der Waals surface area contributed by atoms with Crippen LogP contribution in [0.2, 0.25) is 0 Å². The van der Waals surface area contributed by atoms with E-state index in [0.717, 1.165) is 31.0 Å². The molecule has 0 fully saturated rings. The molecule has 6 heteroatoms. The molecule has 0 amide bonds. The fraction of sp³-hybridized carbons (Fsp3) is 0. The zero-order valence-corrected chi connectivity index (χ0v) is 25.1. The molecule has 0 saturated heterocycles. The molecular formula is C38H26N2O2S2. The van der Waals surface area contributed by atoms with Gasteiger partial charge in [-0.1, -0.05) is 96.3 Å². The molecule has 6 aromatic rings. The number of para-hydroxylation sites is 2. The summed E-state index contributed by atoms with van der Waals surface area (Å²) in [6, 6.07) is 46.9. The molecule has 0 radical (unpaired) electrons. The molecule has 0 atom stereocenters. The predicted octanol–water partition coefficient (Wildman–Crippen LogP) is 10.3. The smallest absolute Gasteiger partial charge is 0.197 e. The second-order valence-electron chi connectivity index (χ2n) is 10.2. The van der Waals surface area contributed by atoms with Gasteiger partial charge in [0, 0.05) is 42.1 Å². The van der Waals surface area contributed by atoms with E-state index in [0.29, 0.717) is 33.6 Å². The molecular weight excluding hydrogens is 581 g/mol. The Kier molecular flexibility index (Phi) is 7.76. The minimum absolute atomic E-state index is 0.182. The number of carbonyl (C=O) groups excluding carboxylic acids is 2. The Morgan fingerprint density at radius 3 is 1.07 bits per heavy atom. The molecule has 0 aliphatic heterocycles. The Morgan fingerprint density at radius 1 is 0.364 bits per heavy atom. The van der Waals surface area contributed by atoms with Crippen LogP contribution in [-0.2, 0) is 0 Å². The summed E-state index contributed by atoms with van der Waals surface area (Å²) in [6.07, 6.45) is 0. The van der Waals surface area contributed by atoms with Crippen LogP contribution in [0.15, 0.2) is 165 Å². The van der Waals surface area contributed by atoms with Gasteiger partial charge in [-0.25, -0.2) is 0 Å². The lowest BCUT2D eigenvalue weighted by Crippen LogP contribution is -2.25. The van der Waals surface area contributed by atoms with Crippen LogP contribution in [0.4, 0.5) is 22.7 Å². The minimum Gasteiger partial charge on any atom is -0.355 e. The molecule has 0 heterocycles. The molecule has 0 saturated carbocycles. The van der Waals surface area contributed by atoms with Gasteiger partial charge in [-0.05, 0) is 72.8 Å². The highest BCUT2D eigenvalue weighted by Crippen LogP contribution is 2.46. The van der Waals surface area contributed by atoms with Crippen LogP contribution in [0.1, 0.15) is 31.8 Å². The molecule has 0 bridgehead atoms. The fourth-order valence-electron chi connectivity index (χ4n) is 5.30. The largest absolute Gasteiger partial charge is 0.355 e. The summed E-state index contributed by atoms with van der Waals surface area (Å²) in [5.41, 5.74) is 4.44. The van der Waals surface area contributed by atoms with Crippen molar-refractivity contribution >= 4 is 57.8 Å². The van der Waals surface area contributed by atoms with Gasteiger partial charge in [-0.15, -0.1) is 0 Å². The molecule has 212 valence electrons. The minimum atomic E-state index is -0.182. The Hall–Kier alpha value is -5.04. The molecule has 6 aromatic carbocycles. The summed E-state index contributed by atoms with van der Waals surface area (Å²) >= 11 is 2.99. The van der Waals surface area contributed by atoms with Crippen molar-refractivity contribution < 1.29 is 9.59 Å². The van der Waals surface area contributed by atoms with Crippen molar-refractivity contribution in [3.05, 3.63) is 168 Å². The van der Waals surface area contributed by atoms with Crippen molar-refractivity contribution in [3.8, 4) is 0 Å². The van der Waals surface area contributed by atoms with E-state index in [4.69, 9.17) is 0 Å². The van der Waals surface area contributed by atoms with Crippen LogP contribution in [0.5, 0.6) is 0 Å². The highest BCUT2D eigenvalue weighted by molar-refractivity contribution is 8.00. The van der Waals surface area contributed by atoms with Crippen molar-refractivity contribution in [3.63, 3.8) is 0 Å². The third-order valence-electron chi connectivity index (χ3n) is 7.29. The number of hydrogen-bond donors (Lipinski definition) is 2. The summed E-state index contributed by atoms with van der Waals surface area (Å²) in [6.45, 7) is 0. The van der Waals surface area contributed by atoms with Crippen LogP contribution in [0, 0.1) is 0 Å². The van der Waals surface area contributed by atoms with Crippen LogP contribution in [0.3, 0.4) is 0 Å². The maximum atomic E-state index is 14.8. The van der Waals surface area contributed by atoms with Crippen molar-refractivity contribution in [2.45, 2.75) is 19.6 Å². The van der Waals surface area contributed by atoms with Crippen LogP contribution < -0.4 is 10.6 Å². The third kappa shape index (κ3) is 5.53. The molecule has 0 aromatic heterocycles. The van der Waals surface area contributed by atoms with E-state index < -0.39 is 0 Å². The van der Waals surface area contributed by atoms with Gasteiger partial charge < -0.3 is 10.6 Å². The van der Waals surface area contributed by atoms with Gasteiger partial charge in [0.25, 0.3) is 0 Å². The number of nitrogens with one attached hydrogen (secondary N) is 2. The van der Waals surface area contributed by atoms with E-state index in [1.54, 1.807) is 0 Å². The number of ketones is 2. The molecule has 2 N–H and O–H groups in total. The van der Waals surface area contributed by atoms with Gasteiger partial charge in [0.2, 0.25) is 0 Å². The third-order valence-corrected chi connectivity index (χ3v) is 9.43. The Balaban J connectivity index is 1.43. The highest BCUT2D eigenvalue weighted by Gasteiger charge is 2.38. The van der Waals surface area contributed by atoms with E-state index in [1.807, 2.05) is 146 Å². The van der Waals surface area contributed by atoms with E-state index in [9.17, 15) is 9.59 Å². The van der Waals surface area contributed by atoms with Gasteiger partial charge in [0.05, 0.1) is 22.5 Å². The molecule has 44 heavy (non-hydrogen) atoms. The number of anilines is 4. The normalized spacial score (nSPS) is 11.9. The van der Waals surface area contributed by atoms with E-state index in [-0.39, 0.29) is 11.6 Å². The first-order chi connectivity index (χ1) is 21.7. The Morgan fingerprint density at radius 2 is 0.705 bits per heavy atom. The summed E-state index contributed by atoms with van der Waals surface area (Å²) < 4.78 is 0. The monoisotopic (exact) mass is 606 g/mol. The highest BCUT2D eigenvalue weighted by atomic mass is 32.2. The SMILES string of the molecule is O=C1c2c(Nc3ccccc3)ccc(Nc3ccccc3)c2C(=O)c2c(Sc3ccccc3)ccc(Sc3ccccc3)c21. The van der Waals surface area contributed by atoms with E-state index >= 15 is 0 Å². The molecule has 0 spiro atoms. The van der Waals surface area contributed by atoms with Crippen molar-refractivity contribution in [1.29, 1.82) is 0 Å². The van der Waals surface area contributed by atoms with Gasteiger partial charge in [-0.2, -0.15) is 0 Å². The van der Waals surface area contributed by atoms with Crippen molar-refractivity contribution in [2.75, 3.05) is 10.6 Å². The van der Waals surface area contributed by atoms with Crippen molar-refractivity contribution in [1.82, 2.24) is 0 Å². The summed E-state index contributed by atoms with van der Waals surface area (Å²) in [5.74, 6) is -0.364. The van der Waals surface area contributed by atoms with Crippen LogP contribution in [-0.4, -0.2) is 11.6 Å². The second kappa shape index (κ2) is 12.3. The average Bonchev–Trinajstić information content (AvgIpc) is 3.06. The van der Waals surface area contributed by atoms with E-state index in [1.165, 1.54) is 23.5 Å². The van der Waals surface area contributed by atoms with Gasteiger partial charge >= 0.3 is 0 Å². The van der Waals surface area contributed by atoms with Gasteiger partial charge in [0.1, 0.15) is 0 Å². The lowest BCUT2D eigenvalue weighted by Gasteiger charge is -2.27. The summed E-state index contributed by atoms with van der Waals surface area (Å²) in [5, 5.41) is 6.83. The zero-order chi connectivity index (χ0) is 29.9. The molecule has 1 aliphatic rings. The van der Waals surface area contributed by atoms with Gasteiger partial charge in [-0.3, -0.25) is 9.59 Å². The van der Waals surface area contributed by atoms with Crippen molar-refractivity contribution in [2.24, 2.45) is 0 Å². The molecule has 1 aliphatic carbocycles. The quantitative estimate of drug-likeness (QED) is 0.180. The fourth-order valence-corrected chi connectivity index (χ4v) is 7.26. The lowest BCUT2D eigenvalue weighted by molar-refractivity contribution is 0.0976. The standard InChI is InChI=1S/C38H26N2O2S2/c41-37-33-29(39-25-13-5-1-6-14-25)21-22-30(40-26-15-7-2-8-16-26)34(33)38(42)36-32(44-28-19-11-4-12-20-28)24-23-31(35(36)37)43-27-17-9-3-10-18-27/h1-24,39-40H. The number of hydrogen-bond acceptors (Lipinski definition) is 6. The topological polar surface area (TPSA) is 58.2 Å². The lowest BCUT2D eigenvalue weighted by atomic mass is 9.82. The first-order valence-corrected chi connectivity index (χ1v) is 15.8. The maximum absolute atomic E-state index is 14.8. The molecule has 4 nitrogen and oxygen atoms in total. The molecule has 0 unspecified atom stereocenters. The number of benzene rings is 6.